The van der Waals surface area contributed by atoms with E-state index in [0.717, 1.165) is 17.3 Å². The van der Waals surface area contributed by atoms with Crippen LogP contribution in [0.2, 0.25) is 0 Å². The van der Waals surface area contributed by atoms with E-state index in [2.05, 4.69) is 15.9 Å². The Labute approximate surface area is 151 Å². The molecule has 2 fully saturated rings. The molecule has 0 spiro atoms. The summed E-state index contributed by atoms with van der Waals surface area (Å²) in [4.78, 5) is 14.4. The number of likely N-dealkylation sites (tertiary alicyclic amines) is 1. The van der Waals surface area contributed by atoms with Gasteiger partial charge in [-0.05, 0) is 25.8 Å². The van der Waals surface area contributed by atoms with Crippen molar-refractivity contribution in [1.82, 2.24) is 4.90 Å². The van der Waals surface area contributed by atoms with Gasteiger partial charge in [0.2, 0.25) is 0 Å². The standard InChI is InChI=1S/C18H24BrNO4/c1-18(2)23-12-14(24-18)15-16(17(21)20(15)10-6-9-19)22-11-13-7-4-3-5-8-13/h3-5,7-8,14-16H,6,9-12H2,1-2H3/t14-,15+,16-/m1/s1. The molecule has 0 N–H and O–H groups in total. The number of ether oxygens (including phenoxy) is 3. The molecule has 1 amide bonds. The Kier molecular flexibility index (Phi) is 5.59. The minimum atomic E-state index is -0.603. The number of benzene rings is 1. The first-order chi connectivity index (χ1) is 11.5. The van der Waals surface area contributed by atoms with Gasteiger partial charge in [-0.15, -0.1) is 0 Å². The number of carbonyl (C=O) groups excluding carboxylic acids is 1. The minimum absolute atomic E-state index is 0.0465. The molecular weight excluding hydrogens is 374 g/mol. The highest BCUT2D eigenvalue weighted by atomic mass is 79.9. The lowest BCUT2D eigenvalue weighted by atomic mass is 9.92. The topological polar surface area (TPSA) is 48.0 Å². The van der Waals surface area contributed by atoms with Crippen molar-refractivity contribution in [2.45, 2.75) is 50.9 Å². The maximum absolute atomic E-state index is 12.5. The van der Waals surface area contributed by atoms with Gasteiger partial charge in [0, 0.05) is 11.9 Å². The van der Waals surface area contributed by atoms with Crippen LogP contribution in [-0.2, 0) is 25.6 Å². The third kappa shape index (κ3) is 3.82. The van der Waals surface area contributed by atoms with Crippen LogP contribution in [0.25, 0.3) is 0 Å². The van der Waals surface area contributed by atoms with Crippen molar-refractivity contribution >= 4 is 21.8 Å². The first-order valence-corrected chi connectivity index (χ1v) is 9.48. The highest BCUT2D eigenvalue weighted by molar-refractivity contribution is 9.09. The van der Waals surface area contributed by atoms with Crippen molar-refractivity contribution in [2.24, 2.45) is 0 Å². The molecule has 1 aromatic rings. The van der Waals surface area contributed by atoms with Gasteiger partial charge in [0.25, 0.3) is 5.91 Å². The third-order valence-corrected chi connectivity index (χ3v) is 4.97. The predicted molar refractivity (Wildman–Crippen MR) is 93.8 cm³/mol. The smallest absolute Gasteiger partial charge is 0.254 e. The first-order valence-electron chi connectivity index (χ1n) is 8.35. The van der Waals surface area contributed by atoms with E-state index in [1.54, 1.807) is 0 Å². The Balaban J connectivity index is 1.66. The average molecular weight is 398 g/mol. The van der Waals surface area contributed by atoms with E-state index in [1.807, 2.05) is 49.1 Å². The zero-order chi connectivity index (χ0) is 17.2. The molecule has 0 saturated carbocycles. The summed E-state index contributed by atoms with van der Waals surface area (Å²) in [6, 6.07) is 9.82. The van der Waals surface area contributed by atoms with Crippen molar-refractivity contribution in [2.75, 3.05) is 18.5 Å². The van der Waals surface area contributed by atoms with Gasteiger partial charge in [-0.1, -0.05) is 46.3 Å². The van der Waals surface area contributed by atoms with Gasteiger partial charge in [0.05, 0.1) is 19.3 Å². The molecule has 0 aliphatic carbocycles. The fourth-order valence-electron chi connectivity index (χ4n) is 3.24. The van der Waals surface area contributed by atoms with Gasteiger partial charge in [0.15, 0.2) is 11.9 Å². The van der Waals surface area contributed by atoms with Crippen molar-refractivity contribution in [3.63, 3.8) is 0 Å². The van der Waals surface area contributed by atoms with Gasteiger partial charge in [-0.3, -0.25) is 4.79 Å². The molecule has 2 heterocycles. The Morgan fingerprint density at radius 2 is 2.08 bits per heavy atom. The van der Waals surface area contributed by atoms with E-state index in [4.69, 9.17) is 14.2 Å². The second-order valence-corrected chi connectivity index (χ2v) is 7.44. The normalized spacial score (nSPS) is 28.9. The summed E-state index contributed by atoms with van der Waals surface area (Å²) < 4.78 is 17.6. The van der Waals surface area contributed by atoms with Crippen LogP contribution in [0.15, 0.2) is 30.3 Å². The maximum atomic E-state index is 12.5. The molecule has 24 heavy (non-hydrogen) atoms. The summed E-state index contributed by atoms with van der Waals surface area (Å²) in [5.74, 6) is -0.556. The van der Waals surface area contributed by atoms with Crippen LogP contribution in [0.4, 0.5) is 0 Å². The van der Waals surface area contributed by atoms with Crippen LogP contribution in [0.3, 0.4) is 0 Å². The van der Waals surface area contributed by atoms with Crippen LogP contribution in [-0.4, -0.2) is 53.3 Å². The summed E-state index contributed by atoms with van der Waals surface area (Å²) in [6.45, 7) is 5.42. The molecule has 0 bridgehead atoms. The number of rotatable bonds is 7. The summed E-state index contributed by atoms with van der Waals surface area (Å²) in [7, 11) is 0. The molecular formula is C18H24BrNO4. The second-order valence-electron chi connectivity index (χ2n) is 6.65. The van der Waals surface area contributed by atoms with Crippen molar-refractivity contribution in [3.05, 3.63) is 35.9 Å². The van der Waals surface area contributed by atoms with Gasteiger partial charge < -0.3 is 19.1 Å². The number of amides is 1. The number of β-lactam (4-membered cyclic amide) rings is 1. The lowest BCUT2D eigenvalue weighted by Gasteiger charge is -2.48. The number of hydrogen-bond acceptors (Lipinski definition) is 4. The van der Waals surface area contributed by atoms with Crippen molar-refractivity contribution in [1.29, 1.82) is 0 Å². The lowest BCUT2D eigenvalue weighted by Crippen LogP contribution is -2.70. The van der Waals surface area contributed by atoms with Crippen LogP contribution in [0.1, 0.15) is 25.8 Å². The highest BCUT2D eigenvalue weighted by Crippen LogP contribution is 2.34. The van der Waals surface area contributed by atoms with Gasteiger partial charge in [0.1, 0.15) is 6.10 Å². The Morgan fingerprint density at radius 1 is 1.33 bits per heavy atom. The quantitative estimate of drug-likeness (QED) is 0.524. The second kappa shape index (κ2) is 7.52. The molecule has 3 rings (SSSR count). The largest absolute Gasteiger partial charge is 0.361 e. The first kappa shape index (κ1) is 17.9. The molecule has 6 heteroatoms. The zero-order valence-corrected chi connectivity index (χ0v) is 15.7. The molecule has 1 aromatic carbocycles. The van der Waals surface area contributed by atoms with E-state index in [9.17, 15) is 4.79 Å². The number of halogens is 1. The minimum Gasteiger partial charge on any atom is -0.361 e. The fourth-order valence-corrected chi connectivity index (χ4v) is 3.49. The Bertz CT molecular complexity index is 565. The molecule has 2 saturated heterocycles. The van der Waals surface area contributed by atoms with Crippen LogP contribution >= 0.6 is 15.9 Å². The number of carbonyl (C=O) groups is 1. The van der Waals surface area contributed by atoms with E-state index in [0.29, 0.717) is 19.8 Å². The van der Waals surface area contributed by atoms with Gasteiger partial charge in [-0.2, -0.15) is 0 Å². The fraction of sp³-hybridized carbons (Fsp3) is 0.611. The number of hydrogen-bond donors (Lipinski definition) is 0. The molecule has 132 valence electrons. The molecule has 2 aliphatic heterocycles. The van der Waals surface area contributed by atoms with E-state index >= 15 is 0 Å². The van der Waals surface area contributed by atoms with Crippen LogP contribution in [0.5, 0.6) is 0 Å². The molecule has 5 nitrogen and oxygen atoms in total. The Morgan fingerprint density at radius 3 is 2.71 bits per heavy atom. The third-order valence-electron chi connectivity index (χ3n) is 4.41. The summed E-state index contributed by atoms with van der Waals surface area (Å²) in [5, 5.41) is 0.868. The lowest BCUT2D eigenvalue weighted by molar-refractivity contribution is -0.198. The van der Waals surface area contributed by atoms with Crippen LogP contribution < -0.4 is 0 Å². The zero-order valence-electron chi connectivity index (χ0n) is 14.1. The summed E-state index contributed by atoms with van der Waals surface area (Å²) in [5.41, 5.74) is 1.06. The average Bonchev–Trinajstić information content (AvgIpc) is 2.92. The van der Waals surface area contributed by atoms with E-state index < -0.39 is 11.9 Å². The summed E-state index contributed by atoms with van der Waals surface area (Å²) >= 11 is 3.42. The maximum Gasteiger partial charge on any atom is 0.254 e. The van der Waals surface area contributed by atoms with Crippen LogP contribution in [0, 0.1) is 0 Å². The molecule has 2 aliphatic rings. The predicted octanol–water partition coefficient (Wildman–Crippen LogP) is 2.72. The number of alkyl halides is 1. The van der Waals surface area contributed by atoms with Crippen molar-refractivity contribution in [3.8, 4) is 0 Å². The molecule has 0 unspecified atom stereocenters. The highest BCUT2D eigenvalue weighted by Gasteiger charge is 2.55. The van der Waals surface area contributed by atoms with Gasteiger partial charge in [-0.25, -0.2) is 0 Å². The molecule has 0 aromatic heterocycles. The van der Waals surface area contributed by atoms with E-state index in [1.165, 1.54) is 0 Å². The van der Waals surface area contributed by atoms with E-state index in [-0.39, 0.29) is 18.1 Å². The van der Waals surface area contributed by atoms with Crippen molar-refractivity contribution < 1.29 is 19.0 Å². The molecule has 0 radical (unpaired) electrons. The Hall–Kier alpha value is -0.950. The summed E-state index contributed by atoms with van der Waals surface area (Å²) in [6.07, 6.45) is 0.307. The monoisotopic (exact) mass is 397 g/mol. The van der Waals surface area contributed by atoms with Gasteiger partial charge >= 0.3 is 0 Å². The SMILES string of the molecule is CC1(C)OC[C@H]([C@H]2[C@@H](OCc3ccccc3)C(=O)N2CCCBr)O1. The molecule has 3 atom stereocenters. The number of nitrogens with zero attached hydrogens (tertiary/aromatic N) is 1.